The van der Waals surface area contributed by atoms with Gasteiger partial charge in [-0.3, -0.25) is 0 Å². The van der Waals surface area contributed by atoms with Crippen LogP contribution in [0.4, 0.5) is 13.9 Å². The van der Waals surface area contributed by atoms with Crippen molar-refractivity contribution < 1.29 is 8.78 Å². The summed E-state index contributed by atoms with van der Waals surface area (Å²) in [6.07, 6.45) is 0. The zero-order valence-corrected chi connectivity index (χ0v) is 11.6. The molecule has 1 aliphatic heterocycles. The zero-order chi connectivity index (χ0) is 13.6. The fourth-order valence-electron chi connectivity index (χ4n) is 2.53. The van der Waals surface area contributed by atoms with Gasteiger partial charge in [-0.25, -0.2) is 13.8 Å². The Bertz CT molecular complexity index is 564. The molecule has 0 amide bonds. The van der Waals surface area contributed by atoms with Gasteiger partial charge in [-0.2, -0.15) is 0 Å². The van der Waals surface area contributed by atoms with Gasteiger partial charge in [-0.15, -0.1) is 0 Å². The zero-order valence-electron chi connectivity index (χ0n) is 10.8. The number of hydrogen-bond donors (Lipinski definition) is 1. The van der Waals surface area contributed by atoms with Crippen LogP contribution in [-0.2, 0) is 0 Å². The van der Waals surface area contributed by atoms with E-state index in [0.29, 0.717) is 22.3 Å². The van der Waals surface area contributed by atoms with Crippen molar-refractivity contribution in [1.82, 2.24) is 10.3 Å². The van der Waals surface area contributed by atoms with Gasteiger partial charge in [-0.05, 0) is 19.9 Å². The molecule has 0 radical (unpaired) electrons. The number of aromatic nitrogens is 1. The van der Waals surface area contributed by atoms with E-state index in [2.05, 4.69) is 29.0 Å². The fraction of sp³-hybridized carbons (Fsp3) is 0.462. The maximum absolute atomic E-state index is 13.2. The van der Waals surface area contributed by atoms with Gasteiger partial charge in [0.2, 0.25) is 0 Å². The molecule has 0 spiro atoms. The average molecular weight is 283 g/mol. The predicted octanol–water partition coefficient (Wildman–Crippen LogP) is 2.76. The van der Waals surface area contributed by atoms with Gasteiger partial charge < -0.3 is 10.2 Å². The van der Waals surface area contributed by atoms with E-state index in [-0.39, 0.29) is 0 Å². The third kappa shape index (κ3) is 2.42. The van der Waals surface area contributed by atoms with Crippen molar-refractivity contribution in [2.45, 2.75) is 25.9 Å². The number of rotatable bonds is 1. The maximum atomic E-state index is 13.2. The van der Waals surface area contributed by atoms with Gasteiger partial charge in [-0.1, -0.05) is 11.3 Å². The molecule has 2 heterocycles. The summed E-state index contributed by atoms with van der Waals surface area (Å²) in [5.41, 5.74) is 0.526. The predicted molar refractivity (Wildman–Crippen MR) is 73.8 cm³/mol. The highest BCUT2D eigenvalue weighted by atomic mass is 32.1. The number of nitrogens with zero attached hydrogens (tertiary/aromatic N) is 2. The Morgan fingerprint density at radius 3 is 2.53 bits per heavy atom. The number of halogens is 2. The van der Waals surface area contributed by atoms with Crippen molar-refractivity contribution >= 4 is 26.7 Å². The number of benzene rings is 1. The van der Waals surface area contributed by atoms with E-state index in [1.165, 1.54) is 23.5 Å². The molecule has 102 valence electrons. The van der Waals surface area contributed by atoms with Crippen molar-refractivity contribution in [1.29, 1.82) is 0 Å². The number of fused-ring (bicyclic) bond motifs is 1. The van der Waals surface area contributed by atoms with Gasteiger partial charge >= 0.3 is 0 Å². The number of piperazine rings is 1. The topological polar surface area (TPSA) is 28.2 Å². The van der Waals surface area contributed by atoms with E-state index >= 15 is 0 Å². The molecule has 1 aliphatic rings. The molecule has 0 aliphatic carbocycles. The van der Waals surface area contributed by atoms with E-state index in [0.717, 1.165) is 18.2 Å². The van der Waals surface area contributed by atoms with Crippen molar-refractivity contribution in [3.05, 3.63) is 23.8 Å². The van der Waals surface area contributed by atoms with Gasteiger partial charge in [0, 0.05) is 31.2 Å². The first-order valence-corrected chi connectivity index (χ1v) is 7.11. The minimum Gasteiger partial charge on any atom is -0.345 e. The third-order valence-corrected chi connectivity index (χ3v) is 4.33. The second kappa shape index (κ2) is 4.68. The average Bonchev–Trinajstić information content (AvgIpc) is 2.71. The second-order valence-corrected chi connectivity index (χ2v) is 6.11. The van der Waals surface area contributed by atoms with E-state index in [9.17, 15) is 8.78 Å². The van der Waals surface area contributed by atoms with Crippen LogP contribution < -0.4 is 10.2 Å². The number of nitrogens with one attached hydrogen (secondary N) is 1. The highest BCUT2D eigenvalue weighted by Crippen LogP contribution is 2.31. The molecule has 1 saturated heterocycles. The van der Waals surface area contributed by atoms with Gasteiger partial charge in [0.15, 0.2) is 16.8 Å². The van der Waals surface area contributed by atoms with Crippen LogP contribution in [-0.4, -0.2) is 30.2 Å². The molecule has 6 heteroatoms. The summed E-state index contributed by atoms with van der Waals surface area (Å²) >= 11 is 1.41. The highest BCUT2D eigenvalue weighted by Gasteiger charge is 2.23. The molecule has 0 unspecified atom stereocenters. The summed E-state index contributed by atoms with van der Waals surface area (Å²) < 4.78 is 27.1. The number of thiazole rings is 1. The molecule has 1 fully saturated rings. The Labute approximate surface area is 114 Å². The summed E-state index contributed by atoms with van der Waals surface area (Å²) in [6.45, 7) is 5.95. The van der Waals surface area contributed by atoms with Crippen molar-refractivity contribution in [3.63, 3.8) is 0 Å². The lowest BCUT2D eigenvalue weighted by Gasteiger charge is -2.35. The Hall–Kier alpha value is -1.27. The molecule has 0 bridgehead atoms. The van der Waals surface area contributed by atoms with Crippen LogP contribution in [0.15, 0.2) is 12.1 Å². The number of anilines is 1. The summed E-state index contributed by atoms with van der Waals surface area (Å²) in [4.78, 5) is 6.59. The fourth-order valence-corrected chi connectivity index (χ4v) is 3.52. The Balaban J connectivity index is 1.96. The van der Waals surface area contributed by atoms with E-state index in [1.807, 2.05) is 0 Å². The lowest BCUT2D eigenvalue weighted by molar-refractivity contribution is 0.407. The first kappa shape index (κ1) is 12.7. The monoisotopic (exact) mass is 283 g/mol. The summed E-state index contributed by atoms with van der Waals surface area (Å²) in [5, 5.41) is 4.28. The maximum Gasteiger partial charge on any atom is 0.186 e. The van der Waals surface area contributed by atoms with Crippen LogP contribution in [0.1, 0.15) is 13.8 Å². The Morgan fingerprint density at radius 2 is 1.84 bits per heavy atom. The molecular weight excluding hydrogens is 268 g/mol. The molecule has 3 rings (SSSR count). The Morgan fingerprint density at radius 1 is 1.21 bits per heavy atom. The SMILES string of the molecule is C[C@@H]1CN(c2nc3cc(F)c(F)cc3s2)C[C@@H](C)N1. The van der Waals surface area contributed by atoms with Crippen LogP contribution >= 0.6 is 11.3 Å². The minimum atomic E-state index is -0.841. The minimum absolute atomic E-state index is 0.379. The van der Waals surface area contributed by atoms with Crippen LogP contribution in [0.25, 0.3) is 10.2 Å². The van der Waals surface area contributed by atoms with Gasteiger partial charge in [0.25, 0.3) is 0 Å². The lowest BCUT2D eigenvalue weighted by atomic mass is 10.2. The van der Waals surface area contributed by atoms with Crippen LogP contribution in [0.2, 0.25) is 0 Å². The summed E-state index contributed by atoms with van der Waals surface area (Å²) in [7, 11) is 0. The first-order valence-electron chi connectivity index (χ1n) is 6.29. The third-order valence-electron chi connectivity index (χ3n) is 3.25. The van der Waals surface area contributed by atoms with Crippen molar-refractivity contribution in [2.75, 3.05) is 18.0 Å². The summed E-state index contributed by atoms with van der Waals surface area (Å²) in [6, 6.07) is 3.15. The quantitative estimate of drug-likeness (QED) is 0.872. The summed E-state index contributed by atoms with van der Waals surface area (Å²) in [5.74, 6) is -1.66. The second-order valence-electron chi connectivity index (χ2n) is 5.10. The van der Waals surface area contributed by atoms with Gasteiger partial charge in [0.1, 0.15) is 0 Å². The molecule has 1 N–H and O–H groups in total. The van der Waals surface area contributed by atoms with E-state index in [1.54, 1.807) is 0 Å². The lowest BCUT2D eigenvalue weighted by Crippen LogP contribution is -2.54. The smallest absolute Gasteiger partial charge is 0.186 e. The van der Waals surface area contributed by atoms with Crippen LogP contribution in [0.5, 0.6) is 0 Å². The molecule has 1 aromatic carbocycles. The Kier molecular flexibility index (Phi) is 3.14. The molecule has 2 atom stereocenters. The highest BCUT2D eigenvalue weighted by molar-refractivity contribution is 7.22. The van der Waals surface area contributed by atoms with Crippen LogP contribution in [0.3, 0.4) is 0 Å². The van der Waals surface area contributed by atoms with Gasteiger partial charge in [0.05, 0.1) is 10.2 Å². The van der Waals surface area contributed by atoms with Crippen molar-refractivity contribution in [3.8, 4) is 0 Å². The largest absolute Gasteiger partial charge is 0.345 e. The molecule has 2 aromatic rings. The molecular formula is C13H15F2N3S. The molecule has 0 saturated carbocycles. The standard InChI is InChI=1S/C13H15F2N3S/c1-7-5-18(6-8(2)16-7)13-17-11-3-9(14)10(15)4-12(11)19-13/h3-4,7-8,16H,5-6H2,1-2H3/t7-,8-/m1/s1. The van der Waals surface area contributed by atoms with Crippen molar-refractivity contribution in [2.24, 2.45) is 0 Å². The molecule has 1 aromatic heterocycles. The first-order chi connectivity index (χ1) is 9.02. The van der Waals surface area contributed by atoms with E-state index < -0.39 is 11.6 Å². The van der Waals surface area contributed by atoms with Crippen LogP contribution in [0, 0.1) is 11.6 Å². The normalized spacial score (nSPS) is 24.1. The molecule has 19 heavy (non-hydrogen) atoms. The van der Waals surface area contributed by atoms with E-state index in [4.69, 9.17) is 0 Å². The molecule has 3 nitrogen and oxygen atoms in total. The number of hydrogen-bond acceptors (Lipinski definition) is 4.